The van der Waals surface area contributed by atoms with Crippen molar-refractivity contribution in [2.24, 2.45) is 5.41 Å². The number of nitrogens with one attached hydrogen (secondary N) is 1. The quantitative estimate of drug-likeness (QED) is 0.648. The first-order valence-electron chi connectivity index (χ1n) is 6.89. The van der Waals surface area contributed by atoms with Crippen molar-refractivity contribution in [3.8, 4) is 0 Å². The summed E-state index contributed by atoms with van der Waals surface area (Å²) in [6.45, 7) is 0.473. The molecule has 0 radical (unpaired) electrons. The van der Waals surface area contributed by atoms with Gasteiger partial charge in [-0.25, -0.2) is 13.1 Å². The molecule has 21 heavy (non-hydrogen) atoms. The van der Waals surface area contributed by atoms with Crippen LogP contribution in [0.15, 0.2) is 27.6 Å². The standard InChI is InChI=1S/C14H18Br2ClNO2S/c15-9-14(6-2-1-3-7-14)10-18-21(19,20)11-4-5-13(17)12(16)8-11/h4-5,8,18H,1-3,6-7,9-10H2. The average molecular weight is 460 g/mol. The lowest BCUT2D eigenvalue weighted by Crippen LogP contribution is -2.40. The highest BCUT2D eigenvalue weighted by molar-refractivity contribution is 9.10. The number of benzene rings is 1. The van der Waals surface area contributed by atoms with E-state index in [1.54, 1.807) is 6.07 Å². The first-order valence-corrected chi connectivity index (χ1v) is 10.7. The molecular formula is C14H18Br2ClNO2S. The van der Waals surface area contributed by atoms with E-state index in [4.69, 9.17) is 11.6 Å². The second kappa shape index (κ2) is 7.30. The topological polar surface area (TPSA) is 46.2 Å². The summed E-state index contributed by atoms with van der Waals surface area (Å²) < 4.78 is 28.2. The van der Waals surface area contributed by atoms with Crippen LogP contribution < -0.4 is 4.72 Å². The predicted molar refractivity (Wildman–Crippen MR) is 93.7 cm³/mol. The molecule has 0 amide bonds. The minimum atomic E-state index is -3.51. The lowest BCUT2D eigenvalue weighted by atomic mass is 9.76. The van der Waals surface area contributed by atoms with Crippen LogP contribution in [0, 0.1) is 5.41 Å². The fourth-order valence-corrected chi connectivity index (χ4v) is 5.22. The van der Waals surface area contributed by atoms with Gasteiger partial charge >= 0.3 is 0 Å². The zero-order valence-electron chi connectivity index (χ0n) is 11.5. The largest absolute Gasteiger partial charge is 0.240 e. The molecule has 7 heteroatoms. The van der Waals surface area contributed by atoms with Gasteiger partial charge in [-0.05, 0) is 52.4 Å². The Hall–Kier alpha value is 0.380. The lowest BCUT2D eigenvalue weighted by molar-refractivity contribution is 0.227. The van der Waals surface area contributed by atoms with E-state index >= 15 is 0 Å². The predicted octanol–water partition coefficient (Wildman–Crippen LogP) is 4.73. The molecule has 2 rings (SSSR count). The second-order valence-corrected chi connectivity index (χ2v) is 9.18. The summed E-state index contributed by atoms with van der Waals surface area (Å²) in [4.78, 5) is 0.235. The van der Waals surface area contributed by atoms with Crippen molar-refractivity contribution in [1.82, 2.24) is 4.72 Å². The molecule has 0 heterocycles. The highest BCUT2D eigenvalue weighted by Crippen LogP contribution is 2.37. The third-order valence-corrected chi connectivity index (χ3v) is 7.84. The van der Waals surface area contributed by atoms with Crippen LogP contribution >= 0.6 is 43.5 Å². The Kier molecular flexibility index (Phi) is 6.16. The molecule has 1 fully saturated rings. The molecule has 1 aliphatic rings. The first kappa shape index (κ1) is 17.7. The van der Waals surface area contributed by atoms with Crippen molar-refractivity contribution < 1.29 is 8.42 Å². The van der Waals surface area contributed by atoms with Crippen LogP contribution in [0.5, 0.6) is 0 Å². The van der Waals surface area contributed by atoms with Crippen LogP contribution in [0.3, 0.4) is 0 Å². The number of rotatable bonds is 5. The van der Waals surface area contributed by atoms with Gasteiger partial charge in [0, 0.05) is 16.3 Å². The van der Waals surface area contributed by atoms with Gasteiger partial charge in [0.25, 0.3) is 0 Å². The van der Waals surface area contributed by atoms with Crippen LogP contribution in [0.25, 0.3) is 0 Å². The molecule has 0 unspecified atom stereocenters. The third kappa shape index (κ3) is 4.44. The van der Waals surface area contributed by atoms with Crippen molar-refractivity contribution in [2.45, 2.75) is 37.0 Å². The van der Waals surface area contributed by atoms with Crippen LogP contribution in [-0.2, 0) is 10.0 Å². The van der Waals surface area contributed by atoms with E-state index in [0.717, 1.165) is 18.2 Å². The van der Waals surface area contributed by atoms with Crippen molar-refractivity contribution in [2.75, 3.05) is 11.9 Å². The van der Waals surface area contributed by atoms with Crippen molar-refractivity contribution in [3.05, 3.63) is 27.7 Å². The van der Waals surface area contributed by atoms with Crippen LogP contribution in [-0.4, -0.2) is 20.3 Å². The molecule has 0 atom stereocenters. The van der Waals surface area contributed by atoms with E-state index in [0.29, 0.717) is 16.0 Å². The average Bonchev–Trinajstić information content (AvgIpc) is 2.49. The smallest absolute Gasteiger partial charge is 0.211 e. The minimum absolute atomic E-state index is 0.0367. The SMILES string of the molecule is O=S(=O)(NCC1(CBr)CCCCC1)c1ccc(Cl)c(Br)c1. The number of halogens is 3. The molecule has 0 aliphatic heterocycles. The van der Waals surface area contributed by atoms with E-state index in [-0.39, 0.29) is 10.3 Å². The van der Waals surface area contributed by atoms with E-state index in [1.165, 1.54) is 31.4 Å². The molecule has 1 aromatic rings. The summed E-state index contributed by atoms with van der Waals surface area (Å²) in [6, 6.07) is 4.64. The zero-order chi connectivity index (χ0) is 15.5. The summed E-state index contributed by atoms with van der Waals surface area (Å²) in [7, 11) is -3.51. The number of hydrogen-bond acceptors (Lipinski definition) is 2. The Bertz CT molecular complexity index is 601. The van der Waals surface area contributed by atoms with Crippen LogP contribution in [0.1, 0.15) is 32.1 Å². The summed E-state index contributed by atoms with van der Waals surface area (Å²) in [5.41, 5.74) is 0.0367. The molecular weight excluding hydrogens is 441 g/mol. The Morgan fingerprint density at radius 3 is 2.48 bits per heavy atom. The first-order chi connectivity index (χ1) is 9.88. The molecule has 0 bridgehead atoms. The Labute approximate surface area is 148 Å². The fraction of sp³-hybridized carbons (Fsp3) is 0.571. The molecule has 1 saturated carbocycles. The summed E-state index contributed by atoms with van der Waals surface area (Å²) >= 11 is 12.7. The molecule has 0 saturated heterocycles. The Morgan fingerprint density at radius 1 is 1.24 bits per heavy atom. The third-order valence-electron chi connectivity index (χ3n) is 4.04. The van der Waals surface area contributed by atoms with Crippen molar-refractivity contribution >= 4 is 53.5 Å². The molecule has 3 nitrogen and oxygen atoms in total. The van der Waals surface area contributed by atoms with E-state index in [1.807, 2.05) is 0 Å². The highest BCUT2D eigenvalue weighted by Gasteiger charge is 2.32. The summed E-state index contributed by atoms with van der Waals surface area (Å²) in [5.74, 6) is 0. The number of sulfonamides is 1. The van der Waals surface area contributed by atoms with Crippen molar-refractivity contribution in [1.29, 1.82) is 0 Å². The van der Waals surface area contributed by atoms with Gasteiger partial charge in [0.1, 0.15) is 0 Å². The van der Waals surface area contributed by atoms with Crippen LogP contribution in [0.2, 0.25) is 5.02 Å². The monoisotopic (exact) mass is 457 g/mol. The molecule has 118 valence electrons. The summed E-state index contributed by atoms with van der Waals surface area (Å²) in [5, 5.41) is 1.32. The van der Waals surface area contributed by atoms with Gasteiger partial charge in [0.2, 0.25) is 10.0 Å². The Balaban J connectivity index is 2.11. The maximum absolute atomic E-state index is 12.4. The van der Waals surface area contributed by atoms with Gasteiger partial charge in [0.15, 0.2) is 0 Å². The zero-order valence-corrected chi connectivity index (χ0v) is 16.3. The maximum atomic E-state index is 12.4. The fourth-order valence-electron chi connectivity index (χ4n) is 2.63. The van der Waals surface area contributed by atoms with Gasteiger partial charge in [-0.15, -0.1) is 0 Å². The van der Waals surface area contributed by atoms with Gasteiger partial charge in [-0.1, -0.05) is 46.8 Å². The molecule has 0 spiro atoms. The summed E-state index contributed by atoms with van der Waals surface area (Å²) in [6.07, 6.45) is 5.70. The Morgan fingerprint density at radius 2 is 1.90 bits per heavy atom. The van der Waals surface area contributed by atoms with Gasteiger partial charge < -0.3 is 0 Å². The van der Waals surface area contributed by atoms with Gasteiger partial charge in [-0.3, -0.25) is 0 Å². The van der Waals surface area contributed by atoms with Gasteiger partial charge in [-0.2, -0.15) is 0 Å². The minimum Gasteiger partial charge on any atom is -0.211 e. The second-order valence-electron chi connectivity index (χ2n) is 5.59. The molecule has 1 aliphatic carbocycles. The van der Waals surface area contributed by atoms with E-state index < -0.39 is 10.0 Å². The highest BCUT2D eigenvalue weighted by atomic mass is 79.9. The van der Waals surface area contributed by atoms with Gasteiger partial charge in [0.05, 0.1) is 9.92 Å². The number of alkyl halides is 1. The molecule has 1 N–H and O–H groups in total. The van der Waals surface area contributed by atoms with E-state index in [9.17, 15) is 8.42 Å². The van der Waals surface area contributed by atoms with Crippen molar-refractivity contribution in [3.63, 3.8) is 0 Å². The maximum Gasteiger partial charge on any atom is 0.240 e. The van der Waals surface area contributed by atoms with E-state index in [2.05, 4.69) is 36.6 Å². The lowest BCUT2D eigenvalue weighted by Gasteiger charge is -2.35. The van der Waals surface area contributed by atoms with Crippen LogP contribution in [0.4, 0.5) is 0 Å². The number of hydrogen-bond donors (Lipinski definition) is 1. The molecule has 1 aromatic carbocycles. The normalized spacial score (nSPS) is 18.6. The molecule has 0 aromatic heterocycles.